The van der Waals surface area contributed by atoms with Crippen LogP contribution in [0.15, 0.2) is 0 Å². The summed E-state index contributed by atoms with van der Waals surface area (Å²) in [5.41, 5.74) is 0. The Hall–Kier alpha value is -0.120. The molecule has 0 aromatic carbocycles. The number of aliphatic hydroxyl groups is 1. The highest BCUT2D eigenvalue weighted by Crippen LogP contribution is 2.16. The molecule has 1 N–H and O–H groups in total. The third kappa shape index (κ3) is 5.84. The Labute approximate surface area is 106 Å². The van der Waals surface area contributed by atoms with E-state index in [1.165, 1.54) is 25.7 Å². The van der Waals surface area contributed by atoms with E-state index < -0.39 is 0 Å². The summed E-state index contributed by atoms with van der Waals surface area (Å²) in [4.78, 5) is 2.40. The molecule has 1 aliphatic rings. The maximum Gasteiger partial charge on any atom is 0.0928 e. The van der Waals surface area contributed by atoms with Crippen molar-refractivity contribution >= 4 is 0 Å². The monoisotopic (exact) mass is 243 g/mol. The van der Waals surface area contributed by atoms with Crippen molar-refractivity contribution in [3.63, 3.8) is 0 Å². The first-order valence-electron chi connectivity index (χ1n) is 7.30. The van der Waals surface area contributed by atoms with Crippen molar-refractivity contribution in [3.05, 3.63) is 0 Å². The van der Waals surface area contributed by atoms with Crippen molar-refractivity contribution in [2.75, 3.05) is 26.2 Å². The van der Waals surface area contributed by atoms with Crippen LogP contribution in [0, 0.1) is 0 Å². The van der Waals surface area contributed by atoms with Gasteiger partial charge >= 0.3 is 0 Å². The standard InChI is InChI=1S/C14H29NO2/c1-3-5-9-15(10-6-4-2)12-13(16)14-8-7-11-17-14/h13-14,16H,3-12H2,1-2H3/t13-,14-/m0/s1. The lowest BCUT2D eigenvalue weighted by Gasteiger charge is -2.27. The lowest BCUT2D eigenvalue weighted by molar-refractivity contribution is -0.0187. The van der Waals surface area contributed by atoms with Crippen molar-refractivity contribution < 1.29 is 9.84 Å². The molecule has 1 saturated heterocycles. The largest absolute Gasteiger partial charge is 0.389 e. The van der Waals surface area contributed by atoms with Crippen molar-refractivity contribution in [2.45, 2.75) is 64.6 Å². The van der Waals surface area contributed by atoms with Crippen LogP contribution in [-0.2, 0) is 4.74 Å². The van der Waals surface area contributed by atoms with Crippen molar-refractivity contribution in [1.82, 2.24) is 4.90 Å². The zero-order valence-electron chi connectivity index (χ0n) is 11.5. The fourth-order valence-electron chi connectivity index (χ4n) is 2.35. The van der Waals surface area contributed by atoms with E-state index in [1.54, 1.807) is 0 Å². The van der Waals surface area contributed by atoms with E-state index in [1.807, 2.05) is 0 Å². The first-order valence-corrected chi connectivity index (χ1v) is 7.30. The van der Waals surface area contributed by atoms with Crippen LogP contribution in [0.3, 0.4) is 0 Å². The van der Waals surface area contributed by atoms with Crippen molar-refractivity contribution in [3.8, 4) is 0 Å². The maximum absolute atomic E-state index is 10.2. The summed E-state index contributed by atoms with van der Waals surface area (Å²) in [7, 11) is 0. The van der Waals surface area contributed by atoms with E-state index in [2.05, 4.69) is 18.7 Å². The Bertz CT molecular complexity index is 173. The quantitative estimate of drug-likeness (QED) is 0.675. The van der Waals surface area contributed by atoms with Crippen LogP contribution in [0.1, 0.15) is 52.4 Å². The third-order valence-corrected chi connectivity index (χ3v) is 3.50. The molecule has 0 radical (unpaired) electrons. The number of unbranched alkanes of at least 4 members (excludes halogenated alkanes) is 2. The number of aliphatic hydroxyl groups excluding tert-OH is 1. The van der Waals surface area contributed by atoms with Crippen LogP contribution in [0.2, 0.25) is 0 Å². The van der Waals surface area contributed by atoms with Gasteiger partial charge in [0.1, 0.15) is 0 Å². The molecule has 0 amide bonds. The van der Waals surface area contributed by atoms with Crippen LogP contribution in [-0.4, -0.2) is 48.5 Å². The Morgan fingerprint density at radius 2 is 1.88 bits per heavy atom. The summed E-state index contributed by atoms with van der Waals surface area (Å²) >= 11 is 0. The average Bonchev–Trinajstić information content (AvgIpc) is 2.86. The van der Waals surface area contributed by atoms with Gasteiger partial charge in [-0.25, -0.2) is 0 Å². The fourth-order valence-corrected chi connectivity index (χ4v) is 2.35. The van der Waals surface area contributed by atoms with Crippen molar-refractivity contribution in [1.29, 1.82) is 0 Å². The molecule has 3 nitrogen and oxygen atoms in total. The number of hydrogen-bond donors (Lipinski definition) is 1. The molecule has 0 aromatic rings. The molecule has 2 atom stereocenters. The summed E-state index contributed by atoms with van der Waals surface area (Å²) in [6.07, 6.45) is 6.80. The van der Waals surface area contributed by atoms with Gasteiger partial charge in [0, 0.05) is 13.2 Å². The Kier molecular flexibility index (Phi) is 7.82. The highest BCUT2D eigenvalue weighted by molar-refractivity contribution is 4.77. The van der Waals surface area contributed by atoms with Gasteiger partial charge in [0.05, 0.1) is 12.2 Å². The highest BCUT2D eigenvalue weighted by atomic mass is 16.5. The van der Waals surface area contributed by atoms with Crippen LogP contribution < -0.4 is 0 Å². The van der Waals surface area contributed by atoms with Gasteiger partial charge in [-0.15, -0.1) is 0 Å². The van der Waals surface area contributed by atoms with E-state index in [-0.39, 0.29) is 12.2 Å². The molecule has 17 heavy (non-hydrogen) atoms. The van der Waals surface area contributed by atoms with E-state index in [0.29, 0.717) is 0 Å². The van der Waals surface area contributed by atoms with Gasteiger partial charge < -0.3 is 14.7 Å². The molecule has 0 bridgehead atoms. The van der Waals surface area contributed by atoms with Crippen LogP contribution >= 0.6 is 0 Å². The summed E-state index contributed by atoms with van der Waals surface area (Å²) in [5, 5.41) is 10.2. The molecule has 0 spiro atoms. The molecule has 102 valence electrons. The molecule has 1 aliphatic heterocycles. The first-order chi connectivity index (χ1) is 8.27. The number of nitrogens with zero attached hydrogens (tertiary/aromatic N) is 1. The van der Waals surface area contributed by atoms with E-state index >= 15 is 0 Å². The second-order valence-electron chi connectivity index (χ2n) is 5.13. The van der Waals surface area contributed by atoms with Gasteiger partial charge in [-0.3, -0.25) is 0 Å². The summed E-state index contributed by atoms with van der Waals surface area (Å²) in [6.45, 7) is 8.26. The smallest absolute Gasteiger partial charge is 0.0928 e. The lowest BCUT2D eigenvalue weighted by Crippen LogP contribution is -2.39. The van der Waals surface area contributed by atoms with Gasteiger partial charge in [-0.1, -0.05) is 26.7 Å². The average molecular weight is 243 g/mol. The summed E-state index contributed by atoms with van der Waals surface area (Å²) in [5.74, 6) is 0. The minimum Gasteiger partial charge on any atom is -0.389 e. The Morgan fingerprint density at radius 3 is 2.35 bits per heavy atom. The van der Waals surface area contributed by atoms with Gasteiger partial charge in [-0.05, 0) is 38.8 Å². The molecule has 1 fully saturated rings. The van der Waals surface area contributed by atoms with Gasteiger partial charge in [-0.2, -0.15) is 0 Å². The highest BCUT2D eigenvalue weighted by Gasteiger charge is 2.25. The minimum absolute atomic E-state index is 0.0840. The zero-order chi connectivity index (χ0) is 12.5. The summed E-state index contributed by atoms with van der Waals surface area (Å²) in [6, 6.07) is 0. The normalized spacial score (nSPS) is 22.2. The molecular formula is C14H29NO2. The molecule has 0 saturated carbocycles. The Morgan fingerprint density at radius 1 is 1.24 bits per heavy atom. The van der Waals surface area contributed by atoms with Crippen LogP contribution in [0.5, 0.6) is 0 Å². The molecule has 0 aliphatic carbocycles. The topological polar surface area (TPSA) is 32.7 Å². The second kappa shape index (κ2) is 8.90. The van der Waals surface area contributed by atoms with Gasteiger partial charge in [0.15, 0.2) is 0 Å². The molecule has 0 unspecified atom stereocenters. The van der Waals surface area contributed by atoms with E-state index in [9.17, 15) is 5.11 Å². The lowest BCUT2D eigenvalue weighted by atomic mass is 10.1. The molecule has 1 rings (SSSR count). The van der Waals surface area contributed by atoms with E-state index in [4.69, 9.17) is 4.74 Å². The fraction of sp³-hybridized carbons (Fsp3) is 1.00. The SMILES string of the molecule is CCCCN(CCCC)C[C@H](O)[C@@H]1CCCO1. The second-order valence-corrected chi connectivity index (χ2v) is 5.13. The third-order valence-electron chi connectivity index (χ3n) is 3.50. The molecule has 3 heteroatoms. The predicted octanol–water partition coefficient (Wildman–Crippen LogP) is 2.43. The predicted molar refractivity (Wildman–Crippen MR) is 71.2 cm³/mol. The molecule has 0 aromatic heterocycles. The van der Waals surface area contributed by atoms with Crippen LogP contribution in [0.4, 0.5) is 0 Å². The molecule has 1 heterocycles. The summed E-state index contributed by atoms with van der Waals surface area (Å²) < 4.78 is 5.55. The number of ether oxygens (including phenoxy) is 1. The number of hydrogen-bond acceptors (Lipinski definition) is 3. The minimum atomic E-state index is -0.300. The number of rotatable bonds is 9. The first kappa shape index (κ1) is 14.9. The van der Waals surface area contributed by atoms with Gasteiger partial charge in [0.2, 0.25) is 0 Å². The van der Waals surface area contributed by atoms with E-state index in [0.717, 1.165) is 39.1 Å². The molecular weight excluding hydrogens is 214 g/mol. The van der Waals surface area contributed by atoms with Crippen molar-refractivity contribution in [2.24, 2.45) is 0 Å². The van der Waals surface area contributed by atoms with Crippen LogP contribution in [0.25, 0.3) is 0 Å². The zero-order valence-corrected chi connectivity index (χ0v) is 11.5. The van der Waals surface area contributed by atoms with Gasteiger partial charge in [0.25, 0.3) is 0 Å². The Balaban J connectivity index is 2.28. The maximum atomic E-state index is 10.2.